The van der Waals surface area contributed by atoms with E-state index in [-0.39, 0.29) is 12.2 Å². The summed E-state index contributed by atoms with van der Waals surface area (Å²) in [4.78, 5) is 17.0. The molecule has 0 unspecified atom stereocenters. The molecule has 26 heavy (non-hydrogen) atoms. The molecule has 1 N–H and O–H groups in total. The quantitative estimate of drug-likeness (QED) is 0.244. The van der Waals surface area contributed by atoms with Crippen molar-refractivity contribution in [3.63, 3.8) is 0 Å². The molecule has 0 saturated carbocycles. The number of carbonyl (C=O) groups excluding carboxylic acids is 1. The monoisotopic (exact) mass is 407 g/mol. The Kier molecular flexibility index (Phi) is 7.49. The van der Waals surface area contributed by atoms with Gasteiger partial charge < -0.3 is 10.2 Å². The molecule has 0 heterocycles. The predicted molar refractivity (Wildman–Crippen MR) is 103 cm³/mol. The van der Waals surface area contributed by atoms with Gasteiger partial charge in [0, 0.05) is 20.6 Å². The van der Waals surface area contributed by atoms with Gasteiger partial charge in [-0.15, -0.1) is 0 Å². The van der Waals surface area contributed by atoms with E-state index in [0.717, 1.165) is 6.34 Å². The van der Waals surface area contributed by atoms with Gasteiger partial charge in [0.25, 0.3) is 5.91 Å². The zero-order chi connectivity index (χ0) is 18.9. The lowest BCUT2D eigenvalue weighted by Crippen LogP contribution is -2.22. The SMILES string of the molecule is N#C/C(=C\c1ccc(Cl)cc1)C(=O)N/C=N/OCc1ccc(Cl)cc1Cl. The van der Waals surface area contributed by atoms with E-state index in [2.05, 4.69) is 10.5 Å². The van der Waals surface area contributed by atoms with Crippen LogP contribution in [0.2, 0.25) is 15.1 Å². The number of rotatable bonds is 6. The Bertz CT molecular complexity index is 888. The summed E-state index contributed by atoms with van der Waals surface area (Å²) in [5.41, 5.74) is 1.28. The highest BCUT2D eigenvalue weighted by atomic mass is 35.5. The minimum atomic E-state index is -0.612. The van der Waals surface area contributed by atoms with Crippen molar-refractivity contribution in [2.24, 2.45) is 5.16 Å². The second kappa shape index (κ2) is 9.83. The fourth-order valence-electron chi connectivity index (χ4n) is 1.82. The first kappa shape index (κ1) is 19.8. The zero-order valence-electron chi connectivity index (χ0n) is 13.2. The minimum Gasteiger partial charge on any atom is -0.390 e. The highest BCUT2D eigenvalue weighted by Crippen LogP contribution is 2.21. The Labute approximate surface area is 165 Å². The van der Waals surface area contributed by atoms with E-state index in [1.165, 1.54) is 6.08 Å². The van der Waals surface area contributed by atoms with E-state index >= 15 is 0 Å². The van der Waals surface area contributed by atoms with Crippen LogP contribution in [0.4, 0.5) is 0 Å². The van der Waals surface area contributed by atoms with Crippen LogP contribution in [-0.2, 0) is 16.2 Å². The standard InChI is InChI=1S/C18H12Cl3N3O2/c19-15-4-1-12(2-5-15)7-14(9-22)18(25)23-11-24-26-10-13-3-6-16(20)8-17(13)21/h1-8,11H,10H2,(H,23,24,25)/b14-7+. The number of amides is 1. The number of nitrogens with zero attached hydrogens (tertiary/aromatic N) is 2. The average Bonchev–Trinajstić information content (AvgIpc) is 2.62. The van der Waals surface area contributed by atoms with Crippen molar-refractivity contribution in [3.05, 3.63) is 74.2 Å². The largest absolute Gasteiger partial charge is 0.390 e. The average molecular weight is 409 g/mol. The topological polar surface area (TPSA) is 74.5 Å². The van der Waals surface area contributed by atoms with Crippen LogP contribution in [0.5, 0.6) is 0 Å². The van der Waals surface area contributed by atoms with Crippen LogP contribution in [0.15, 0.2) is 53.2 Å². The van der Waals surface area contributed by atoms with Crippen molar-refractivity contribution >= 4 is 53.1 Å². The molecule has 5 nitrogen and oxygen atoms in total. The van der Waals surface area contributed by atoms with E-state index < -0.39 is 5.91 Å². The molecule has 0 radical (unpaired) electrons. The summed E-state index contributed by atoms with van der Waals surface area (Å²) >= 11 is 17.6. The van der Waals surface area contributed by atoms with E-state index in [1.54, 1.807) is 42.5 Å². The summed E-state index contributed by atoms with van der Waals surface area (Å²) in [7, 11) is 0. The second-order valence-corrected chi connectivity index (χ2v) is 6.22. The maximum atomic E-state index is 12.0. The molecule has 1 amide bonds. The van der Waals surface area contributed by atoms with E-state index in [0.29, 0.717) is 26.2 Å². The fourth-order valence-corrected chi connectivity index (χ4v) is 2.41. The zero-order valence-corrected chi connectivity index (χ0v) is 15.5. The molecule has 8 heteroatoms. The van der Waals surface area contributed by atoms with E-state index in [4.69, 9.17) is 44.9 Å². The molecular formula is C18H12Cl3N3O2. The van der Waals surface area contributed by atoms with Crippen molar-refractivity contribution in [2.75, 3.05) is 0 Å². The lowest BCUT2D eigenvalue weighted by atomic mass is 10.1. The van der Waals surface area contributed by atoms with Crippen molar-refractivity contribution < 1.29 is 9.63 Å². The predicted octanol–water partition coefficient (Wildman–Crippen LogP) is 4.83. The molecule has 0 aliphatic heterocycles. The number of oxime groups is 1. The van der Waals surface area contributed by atoms with E-state index in [1.807, 2.05) is 6.07 Å². The van der Waals surface area contributed by atoms with Gasteiger partial charge in [0.1, 0.15) is 24.6 Å². The molecule has 0 bridgehead atoms. The summed E-state index contributed by atoms with van der Waals surface area (Å²) in [5.74, 6) is -0.612. The van der Waals surface area contributed by atoms with Crippen molar-refractivity contribution in [1.82, 2.24) is 5.32 Å². The minimum absolute atomic E-state index is 0.0838. The number of hydrogen-bond donors (Lipinski definition) is 1. The first-order chi connectivity index (χ1) is 12.5. The smallest absolute Gasteiger partial charge is 0.267 e. The van der Waals surface area contributed by atoms with Crippen LogP contribution >= 0.6 is 34.8 Å². The normalized spacial score (nSPS) is 11.2. The number of carbonyl (C=O) groups is 1. The first-order valence-electron chi connectivity index (χ1n) is 7.25. The van der Waals surface area contributed by atoms with Gasteiger partial charge in [0.05, 0.1) is 0 Å². The van der Waals surface area contributed by atoms with Gasteiger partial charge in [0.2, 0.25) is 0 Å². The van der Waals surface area contributed by atoms with Gasteiger partial charge >= 0.3 is 0 Å². The molecule has 2 aromatic rings. The summed E-state index contributed by atoms with van der Waals surface area (Å²) < 4.78 is 0. The van der Waals surface area contributed by atoms with Crippen molar-refractivity contribution in [3.8, 4) is 6.07 Å². The second-order valence-electron chi connectivity index (χ2n) is 4.94. The van der Waals surface area contributed by atoms with Gasteiger partial charge in [0.15, 0.2) is 0 Å². The Balaban J connectivity index is 1.89. The summed E-state index contributed by atoms with van der Waals surface area (Å²) in [6.07, 6.45) is 2.49. The maximum absolute atomic E-state index is 12.0. The van der Waals surface area contributed by atoms with Crippen LogP contribution in [0.3, 0.4) is 0 Å². The third-order valence-corrected chi connectivity index (χ3v) is 3.94. The molecule has 0 aliphatic rings. The lowest BCUT2D eigenvalue weighted by molar-refractivity contribution is -0.115. The summed E-state index contributed by atoms with van der Waals surface area (Å²) in [5, 5.41) is 16.6. The van der Waals surface area contributed by atoms with Crippen LogP contribution in [0.25, 0.3) is 6.08 Å². The molecule has 0 atom stereocenters. The number of hydrogen-bond acceptors (Lipinski definition) is 4. The van der Waals surface area contributed by atoms with Gasteiger partial charge in [-0.2, -0.15) is 5.26 Å². The van der Waals surface area contributed by atoms with Gasteiger partial charge in [-0.3, -0.25) is 4.79 Å². The van der Waals surface area contributed by atoms with E-state index in [9.17, 15) is 4.79 Å². The van der Waals surface area contributed by atoms with Crippen LogP contribution < -0.4 is 5.32 Å². The molecule has 0 saturated heterocycles. The van der Waals surface area contributed by atoms with Crippen LogP contribution in [-0.4, -0.2) is 12.2 Å². The number of benzene rings is 2. The molecule has 2 rings (SSSR count). The van der Waals surface area contributed by atoms with Crippen LogP contribution in [0, 0.1) is 11.3 Å². The summed E-state index contributed by atoms with van der Waals surface area (Å²) in [6.45, 7) is 0.105. The highest BCUT2D eigenvalue weighted by Gasteiger charge is 2.07. The third kappa shape index (κ3) is 6.08. The van der Waals surface area contributed by atoms with Gasteiger partial charge in [-0.25, -0.2) is 0 Å². The molecule has 2 aromatic carbocycles. The summed E-state index contributed by atoms with van der Waals surface area (Å²) in [6, 6.07) is 13.5. The molecule has 0 spiro atoms. The van der Waals surface area contributed by atoms with Crippen LogP contribution in [0.1, 0.15) is 11.1 Å². The lowest BCUT2D eigenvalue weighted by Gasteiger charge is -2.03. The Morgan fingerprint density at radius 3 is 2.50 bits per heavy atom. The maximum Gasteiger partial charge on any atom is 0.267 e. The molecule has 132 valence electrons. The third-order valence-electron chi connectivity index (χ3n) is 3.10. The number of nitriles is 1. The number of nitrogens with one attached hydrogen (secondary N) is 1. The number of halogens is 3. The Morgan fingerprint density at radius 1 is 1.15 bits per heavy atom. The van der Waals surface area contributed by atoms with Crippen molar-refractivity contribution in [1.29, 1.82) is 5.26 Å². The highest BCUT2D eigenvalue weighted by molar-refractivity contribution is 6.35. The molecular weight excluding hydrogens is 397 g/mol. The van der Waals surface area contributed by atoms with Gasteiger partial charge in [-0.1, -0.05) is 58.2 Å². The first-order valence-corrected chi connectivity index (χ1v) is 8.39. The molecule has 0 aliphatic carbocycles. The molecule has 0 aromatic heterocycles. The fraction of sp³-hybridized carbons (Fsp3) is 0.0556. The Hall–Kier alpha value is -2.52. The molecule has 0 fully saturated rings. The Morgan fingerprint density at radius 2 is 1.85 bits per heavy atom. The van der Waals surface area contributed by atoms with Gasteiger partial charge in [-0.05, 0) is 35.9 Å². The van der Waals surface area contributed by atoms with Crippen molar-refractivity contribution in [2.45, 2.75) is 6.61 Å².